The van der Waals surface area contributed by atoms with Gasteiger partial charge in [0.25, 0.3) is 0 Å². The summed E-state index contributed by atoms with van der Waals surface area (Å²) in [6.07, 6.45) is 2.53. The molecule has 0 aliphatic carbocycles. The number of rotatable bonds is 3. The second-order valence-corrected chi connectivity index (χ2v) is 5.18. The molecule has 0 aromatic rings. The summed E-state index contributed by atoms with van der Waals surface area (Å²) in [4.78, 5) is 11.3. The van der Waals surface area contributed by atoms with Crippen molar-refractivity contribution in [2.75, 3.05) is 18.1 Å². The number of hydrogen-bond donors (Lipinski definition) is 1. The zero-order valence-corrected chi connectivity index (χ0v) is 9.32. The van der Waals surface area contributed by atoms with Crippen LogP contribution in [0.1, 0.15) is 26.7 Å². The van der Waals surface area contributed by atoms with Gasteiger partial charge in [-0.2, -0.15) is 11.8 Å². The first-order chi connectivity index (χ1) is 6.20. The summed E-state index contributed by atoms with van der Waals surface area (Å²) >= 11 is 2.03. The number of hydrogen-bond acceptors (Lipinski definition) is 2. The van der Waals surface area contributed by atoms with Crippen LogP contribution in [0, 0.1) is 11.8 Å². The summed E-state index contributed by atoms with van der Waals surface area (Å²) in [5.41, 5.74) is 0. The fourth-order valence-electron chi connectivity index (χ4n) is 1.40. The predicted molar refractivity (Wildman–Crippen MR) is 57.9 cm³/mol. The third kappa shape index (κ3) is 4.03. The van der Waals surface area contributed by atoms with Gasteiger partial charge in [-0.25, -0.2) is 0 Å². The maximum atomic E-state index is 11.3. The van der Waals surface area contributed by atoms with Crippen molar-refractivity contribution < 1.29 is 4.79 Å². The van der Waals surface area contributed by atoms with Crippen LogP contribution in [-0.2, 0) is 4.79 Å². The SMILES string of the molecule is CC(C)C(=O)NCC1CCSCC1. The molecule has 3 heteroatoms. The van der Waals surface area contributed by atoms with Crippen LogP contribution in [0.2, 0.25) is 0 Å². The lowest BCUT2D eigenvalue weighted by molar-refractivity contribution is -0.124. The monoisotopic (exact) mass is 201 g/mol. The minimum atomic E-state index is 0.123. The van der Waals surface area contributed by atoms with Crippen LogP contribution in [0.5, 0.6) is 0 Å². The Morgan fingerprint density at radius 3 is 2.62 bits per heavy atom. The van der Waals surface area contributed by atoms with E-state index in [9.17, 15) is 4.79 Å². The molecule has 1 heterocycles. The molecule has 1 N–H and O–H groups in total. The number of thioether (sulfide) groups is 1. The molecule has 13 heavy (non-hydrogen) atoms. The highest BCUT2D eigenvalue weighted by atomic mass is 32.2. The Morgan fingerprint density at radius 1 is 1.46 bits per heavy atom. The standard InChI is InChI=1S/C10H19NOS/c1-8(2)10(12)11-7-9-3-5-13-6-4-9/h8-9H,3-7H2,1-2H3,(H,11,12). The van der Waals surface area contributed by atoms with E-state index in [2.05, 4.69) is 5.32 Å². The lowest BCUT2D eigenvalue weighted by Gasteiger charge is -2.21. The second kappa shape index (κ2) is 5.53. The van der Waals surface area contributed by atoms with Crippen LogP contribution >= 0.6 is 11.8 Å². The average Bonchev–Trinajstić information content (AvgIpc) is 2.15. The fraction of sp³-hybridized carbons (Fsp3) is 0.900. The highest BCUT2D eigenvalue weighted by Crippen LogP contribution is 2.21. The molecule has 1 rings (SSSR count). The molecule has 76 valence electrons. The van der Waals surface area contributed by atoms with Gasteiger partial charge in [-0.1, -0.05) is 13.8 Å². The molecule has 0 saturated carbocycles. The number of carbonyl (C=O) groups is 1. The first-order valence-electron chi connectivity index (χ1n) is 5.05. The van der Waals surface area contributed by atoms with E-state index in [1.807, 2.05) is 25.6 Å². The van der Waals surface area contributed by atoms with Gasteiger partial charge < -0.3 is 5.32 Å². The van der Waals surface area contributed by atoms with Crippen molar-refractivity contribution >= 4 is 17.7 Å². The molecular weight excluding hydrogens is 182 g/mol. The maximum absolute atomic E-state index is 11.3. The lowest BCUT2D eigenvalue weighted by atomic mass is 10.0. The molecule has 1 fully saturated rings. The lowest BCUT2D eigenvalue weighted by Crippen LogP contribution is -2.33. The van der Waals surface area contributed by atoms with E-state index in [4.69, 9.17) is 0 Å². The Labute approximate surface area is 84.9 Å². The largest absolute Gasteiger partial charge is 0.356 e. The van der Waals surface area contributed by atoms with Crippen LogP contribution in [0.3, 0.4) is 0 Å². The van der Waals surface area contributed by atoms with Crippen LogP contribution in [0.25, 0.3) is 0 Å². The molecule has 0 radical (unpaired) electrons. The van der Waals surface area contributed by atoms with Gasteiger partial charge in [0.15, 0.2) is 0 Å². The minimum Gasteiger partial charge on any atom is -0.356 e. The molecule has 1 aliphatic rings. The highest BCUT2D eigenvalue weighted by molar-refractivity contribution is 7.99. The Balaban J connectivity index is 2.13. The van der Waals surface area contributed by atoms with E-state index in [1.165, 1.54) is 24.3 Å². The first-order valence-corrected chi connectivity index (χ1v) is 6.21. The molecule has 0 aromatic carbocycles. The minimum absolute atomic E-state index is 0.123. The number of nitrogens with one attached hydrogen (secondary N) is 1. The molecule has 0 bridgehead atoms. The molecule has 2 nitrogen and oxygen atoms in total. The molecule has 1 amide bonds. The van der Waals surface area contributed by atoms with Crippen molar-refractivity contribution in [3.63, 3.8) is 0 Å². The second-order valence-electron chi connectivity index (χ2n) is 3.96. The third-order valence-electron chi connectivity index (χ3n) is 2.43. The van der Waals surface area contributed by atoms with Gasteiger partial charge in [0.05, 0.1) is 0 Å². The van der Waals surface area contributed by atoms with Crippen molar-refractivity contribution in [3.05, 3.63) is 0 Å². The summed E-state index contributed by atoms with van der Waals surface area (Å²) in [6, 6.07) is 0. The number of carbonyl (C=O) groups excluding carboxylic acids is 1. The van der Waals surface area contributed by atoms with Gasteiger partial charge in [-0.05, 0) is 30.3 Å². The smallest absolute Gasteiger partial charge is 0.222 e. The quantitative estimate of drug-likeness (QED) is 0.755. The van der Waals surface area contributed by atoms with E-state index in [1.54, 1.807) is 0 Å². The normalized spacial score (nSPS) is 19.0. The topological polar surface area (TPSA) is 29.1 Å². The Bertz CT molecular complexity index is 164. The number of amides is 1. The van der Waals surface area contributed by atoms with Crippen molar-refractivity contribution in [2.24, 2.45) is 11.8 Å². The van der Waals surface area contributed by atoms with E-state index in [0.29, 0.717) is 0 Å². The van der Waals surface area contributed by atoms with Crippen LogP contribution in [0.4, 0.5) is 0 Å². The first kappa shape index (κ1) is 10.9. The third-order valence-corrected chi connectivity index (χ3v) is 3.48. The van der Waals surface area contributed by atoms with Gasteiger partial charge in [-0.3, -0.25) is 4.79 Å². The Kier molecular flexibility index (Phi) is 4.64. The van der Waals surface area contributed by atoms with E-state index >= 15 is 0 Å². The predicted octanol–water partition coefficient (Wildman–Crippen LogP) is 1.90. The molecular formula is C10H19NOS. The molecule has 1 aliphatic heterocycles. The van der Waals surface area contributed by atoms with Gasteiger partial charge in [0.2, 0.25) is 5.91 Å². The van der Waals surface area contributed by atoms with E-state index in [-0.39, 0.29) is 11.8 Å². The zero-order valence-electron chi connectivity index (χ0n) is 8.51. The summed E-state index contributed by atoms with van der Waals surface area (Å²) in [6.45, 7) is 4.76. The zero-order chi connectivity index (χ0) is 9.68. The van der Waals surface area contributed by atoms with Crippen molar-refractivity contribution in [3.8, 4) is 0 Å². The van der Waals surface area contributed by atoms with E-state index < -0.39 is 0 Å². The summed E-state index contributed by atoms with van der Waals surface area (Å²) in [5, 5.41) is 3.00. The van der Waals surface area contributed by atoms with Gasteiger partial charge in [-0.15, -0.1) is 0 Å². The van der Waals surface area contributed by atoms with Crippen molar-refractivity contribution in [1.29, 1.82) is 0 Å². The van der Waals surface area contributed by atoms with E-state index in [0.717, 1.165) is 12.5 Å². The summed E-state index contributed by atoms with van der Waals surface area (Å²) in [5.74, 6) is 3.57. The molecule has 0 unspecified atom stereocenters. The van der Waals surface area contributed by atoms with Crippen LogP contribution in [-0.4, -0.2) is 24.0 Å². The Morgan fingerprint density at radius 2 is 2.08 bits per heavy atom. The fourth-order valence-corrected chi connectivity index (χ4v) is 2.60. The van der Waals surface area contributed by atoms with Crippen molar-refractivity contribution in [1.82, 2.24) is 5.32 Å². The van der Waals surface area contributed by atoms with Gasteiger partial charge in [0, 0.05) is 12.5 Å². The molecule has 0 atom stereocenters. The highest BCUT2D eigenvalue weighted by Gasteiger charge is 2.15. The Hall–Kier alpha value is -0.180. The molecule has 0 spiro atoms. The van der Waals surface area contributed by atoms with Gasteiger partial charge in [0.1, 0.15) is 0 Å². The van der Waals surface area contributed by atoms with Crippen LogP contribution < -0.4 is 5.32 Å². The molecule has 0 aromatic heterocycles. The molecule has 1 saturated heterocycles. The summed E-state index contributed by atoms with van der Waals surface area (Å²) < 4.78 is 0. The van der Waals surface area contributed by atoms with Crippen molar-refractivity contribution in [2.45, 2.75) is 26.7 Å². The van der Waals surface area contributed by atoms with Gasteiger partial charge >= 0.3 is 0 Å². The average molecular weight is 201 g/mol. The van der Waals surface area contributed by atoms with Crippen LogP contribution in [0.15, 0.2) is 0 Å². The maximum Gasteiger partial charge on any atom is 0.222 e. The summed E-state index contributed by atoms with van der Waals surface area (Å²) in [7, 11) is 0.